The smallest absolute Gasteiger partial charge is 0.411 e. The summed E-state index contributed by atoms with van der Waals surface area (Å²) in [5, 5.41) is 30.9. The van der Waals surface area contributed by atoms with Crippen LogP contribution in [0.3, 0.4) is 0 Å². The van der Waals surface area contributed by atoms with E-state index in [9.17, 15) is 29.4 Å². The van der Waals surface area contributed by atoms with Gasteiger partial charge in [0, 0.05) is 80.5 Å². The predicted molar refractivity (Wildman–Crippen MR) is 246 cm³/mol. The number of carbonyl (C=O) groups excluding carboxylic acids is 3. The number of aromatic nitrogens is 1. The Kier molecular flexibility index (Phi) is 14.6. The Morgan fingerprint density at radius 1 is 0.873 bits per heavy atom. The first kappa shape index (κ1) is 44.3. The van der Waals surface area contributed by atoms with Gasteiger partial charge in [-0.2, -0.15) is 0 Å². The van der Waals surface area contributed by atoms with Crippen molar-refractivity contribution in [3.63, 3.8) is 0 Å². The molecular weight excluding hydrogens is 797 g/mol. The van der Waals surface area contributed by atoms with E-state index in [2.05, 4.69) is 25.8 Å². The number of ether oxygens (including phenoxy) is 1. The third-order valence-electron chi connectivity index (χ3n) is 11.5. The number of aromatic amines is 1. The van der Waals surface area contributed by atoms with Gasteiger partial charge in [0.15, 0.2) is 0 Å². The van der Waals surface area contributed by atoms with Gasteiger partial charge in [0.05, 0.1) is 17.3 Å². The second-order valence-electron chi connectivity index (χ2n) is 16.0. The first-order valence-electron chi connectivity index (χ1n) is 21.3. The number of amides is 3. The third-order valence-corrected chi connectivity index (χ3v) is 11.5. The lowest BCUT2D eigenvalue weighted by molar-refractivity contribution is -0.118. The number of aromatic hydroxyl groups is 1. The molecule has 326 valence electrons. The van der Waals surface area contributed by atoms with Crippen LogP contribution in [-0.2, 0) is 22.5 Å². The number of phenols is 1. The monoisotopic (exact) mass is 850 g/mol. The Labute approximate surface area is 366 Å². The number of pyridine rings is 1. The maximum absolute atomic E-state index is 13.3. The summed E-state index contributed by atoms with van der Waals surface area (Å²) in [6.07, 6.45) is 0.833. The van der Waals surface area contributed by atoms with Crippen LogP contribution in [0.25, 0.3) is 22.0 Å². The molecule has 0 spiro atoms. The van der Waals surface area contributed by atoms with Gasteiger partial charge >= 0.3 is 6.09 Å². The zero-order valence-electron chi connectivity index (χ0n) is 35.6. The van der Waals surface area contributed by atoms with Crippen molar-refractivity contribution in [3.8, 4) is 16.9 Å². The summed E-state index contributed by atoms with van der Waals surface area (Å²) in [6, 6.07) is 38.7. The minimum Gasteiger partial charge on any atom is -0.506 e. The molecule has 1 fully saturated rings. The number of benzene rings is 5. The number of nitrogens with one attached hydrogen (secondary N) is 4. The van der Waals surface area contributed by atoms with Crippen LogP contribution < -0.4 is 26.4 Å². The van der Waals surface area contributed by atoms with Crippen molar-refractivity contribution in [3.05, 3.63) is 160 Å². The van der Waals surface area contributed by atoms with E-state index < -0.39 is 12.2 Å². The number of anilines is 2. The molecular formula is C50H54N6O7. The van der Waals surface area contributed by atoms with Gasteiger partial charge in [-0.1, -0.05) is 84.9 Å². The van der Waals surface area contributed by atoms with Crippen molar-refractivity contribution in [2.45, 2.75) is 57.4 Å². The third kappa shape index (κ3) is 11.8. The van der Waals surface area contributed by atoms with Gasteiger partial charge in [-0.15, -0.1) is 0 Å². The number of aliphatic hydroxyl groups is 1. The van der Waals surface area contributed by atoms with Crippen molar-refractivity contribution in [1.82, 2.24) is 20.5 Å². The molecule has 63 heavy (non-hydrogen) atoms. The number of rotatable bonds is 16. The minimum absolute atomic E-state index is 0.0419. The molecule has 13 nitrogen and oxygen atoms in total. The Morgan fingerprint density at radius 3 is 2.38 bits per heavy atom. The molecule has 2 atom stereocenters. The summed E-state index contributed by atoms with van der Waals surface area (Å²) < 4.78 is 5.78. The highest BCUT2D eigenvalue weighted by Gasteiger charge is 2.24. The molecule has 1 aliphatic heterocycles. The van der Waals surface area contributed by atoms with Crippen LogP contribution >= 0.6 is 0 Å². The van der Waals surface area contributed by atoms with Crippen molar-refractivity contribution in [1.29, 1.82) is 0 Å². The second kappa shape index (κ2) is 20.8. The summed E-state index contributed by atoms with van der Waals surface area (Å²) in [4.78, 5) is 57.5. The molecule has 7 rings (SSSR count). The molecule has 13 heteroatoms. The van der Waals surface area contributed by atoms with Gasteiger partial charge in [0.25, 0.3) is 5.91 Å². The van der Waals surface area contributed by atoms with Crippen LogP contribution in [0.4, 0.5) is 16.2 Å². The summed E-state index contributed by atoms with van der Waals surface area (Å²) >= 11 is 0. The van der Waals surface area contributed by atoms with Crippen molar-refractivity contribution >= 4 is 40.2 Å². The minimum atomic E-state index is -0.852. The van der Waals surface area contributed by atoms with Gasteiger partial charge in [-0.25, -0.2) is 4.79 Å². The highest BCUT2D eigenvalue weighted by atomic mass is 16.6. The highest BCUT2D eigenvalue weighted by Crippen LogP contribution is 2.30. The topological polar surface area (TPSA) is 176 Å². The molecule has 1 aromatic heterocycles. The number of piperidine rings is 1. The van der Waals surface area contributed by atoms with Crippen LogP contribution in [0.15, 0.2) is 132 Å². The lowest BCUT2D eigenvalue weighted by Crippen LogP contribution is -2.40. The first-order chi connectivity index (χ1) is 30.5. The lowest BCUT2D eigenvalue weighted by Gasteiger charge is -2.31. The maximum atomic E-state index is 13.3. The number of hydrogen-bond donors (Lipinski definition) is 6. The number of carbonyl (C=O) groups is 3. The summed E-state index contributed by atoms with van der Waals surface area (Å²) in [5.74, 6) is -0.359. The molecule has 0 bridgehead atoms. The van der Waals surface area contributed by atoms with Crippen LogP contribution in [0.1, 0.15) is 59.3 Å². The highest BCUT2D eigenvalue weighted by molar-refractivity contribution is 5.98. The molecule has 0 saturated carbocycles. The molecule has 1 aliphatic rings. The number of fused-ring (bicyclic) bond motifs is 1. The van der Waals surface area contributed by atoms with Gasteiger partial charge in [-0.3, -0.25) is 19.7 Å². The number of aliphatic hydroxyl groups excluding tert-OH is 1. The number of H-pyrrole nitrogens is 1. The van der Waals surface area contributed by atoms with Gasteiger partial charge < -0.3 is 40.4 Å². The number of likely N-dealkylation sites (tertiary alicyclic amines) is 1. The fraction of sp³-hybridized carbons (Fsp3) is 0.280. The average Bonchev–Trinajstić information content (AvgIpc) is 3.30. The molecule has 0 aliphatic carbocycles. The van der Waals surface area contributed by atoms with Crippen molar-refractivity contribution in [2.24, 2.45) is 0 Å². The quantitative estimate of drug-likeness (QED) is 0.0591. The SMILES string of the molecule is C[C@@H](Cc1ccc(CNC(=O)c2cccc(N(C)C(=O)CCN3CCC(OC(=O)Nc4ccccc4-c4ccccc4)CC3)c2)cc1)NC[C@H](O)c1ccc(O)c2[nH]c(=O)ccc12. The van der Waals surface area contributed by atoms with E-state index in [4.69, 9.17) is 4.74 Å². The van der Waals surface area contributed by atoms with E-state index in [0.29, 0.717) is 85.3 Å². The standard InChI is InChI=1S/C50H54N6O7/c1-33(51-32-45(58)41-19-21-44(57)48-42(41)20-22-46(59)54-48)29-34-15-17-35(18-16-34)31-52-49(61)37-11-8-12-38(30-37)55(2)47(60)25-28-56-26-23-39(24-27-56)63-50(62)53-43-14-7-6-13-40(43)36-9-4-3-5-10-36/h3-22,30,33,39,45,51,57-58H,23-29,31-32H2,1-2H3,(H,52,61)(H,53,62)(H,54,59)/t33-,45-/m0/s1. The summed E-state index contributed by atoms with van der Waals surface area (Å²) in [6.45, 7) is 4.64. The van der Waals surface area contributed by atoms with Crippen LogP contribution in [0.5, 0.6) is 5.75 Å². The molecule has 5 aromatic carbocycles. The van der Waals surface area contributed by atoms with Crippen LogP contribution in [0.2, 0.25) is 0 Å². The van der Waals surface area contributed by atoms with Gasteiger partial charge in [0.1, 0.15) is 11.9 Å². The zero-order chi connectivity index (χ0) is 44.3. The number of nitrogens with zero attached hydrogens (tertiary/aromatic N) is 2. The van der Waals surface area contributed by atoms with Crippen molar-refractivity contribution < 1.29 is 29.3 Å². The van der Waals surface area contributed by atoms with E-state index in [1.165, 1.54) is 12.1 Å². The average molecular weight is 851 g/mol. The van der Waals surface area contributed by atoms with E-state index in [1.54, 1.807) is 42.3 Å². The molecule has 6 aromatic rings. The molecule has 2 heterocycles. The normalized spacial score (nSPS) is 14.1. The largest absolute Gasteiger partial charge is 0.506 e. The lowest BCUT2D eigenvalue weighted by atomic mass is 10.0. The fourth-order valence-corrected chi connectivity index (χ4v) is 7.90. The second-order valence-corrected chi connectivity index (χ2v) is 16.0. The number of phenolic OH excluding ortho intramolecular Hbond substituents is 1. The number of para-hydroxylation sites is 1. The molecule has 1 saturated heterocycles. The number of hydrogen-bond acceptors (Lipinski definition) is 9. The Hall–Kier alpha value is -6.80. The zero-order valence-corrected chi connectivity index (χ0v) is 35.6. The Morgan fingerprint density at radius 2 is 1.60 bits per heavy atom. The van der Waals surface area contributed by atoms with Crippen LogP contribution in [-0.4, -0.2) is 83.4 Å². The molecule has 6 N–H and O–H groups in total. The Bertz CT molecular complexity index is 2570. The van der Waals surface area contributed by atoms with E-state index in [1.807, 2.05) is 91.9 Å². The Balaban J connectivity index is 0.809. The van der Waals surface area contributed by atoms with Gasteiger partial charge in [-0.05, 0) is 84.8 Å². The summed E-state index contributed by atoms with van der Waals surface area (Å²) in [7, 11) is 1.72. The molecule has 3 amide bonds. The van der Waals surface area contributed by atoms with E-state index in [-0.39, 0.29) is 41.8 Å². The first-order valence-corrected chi connectivity index (χ1v) is 21.3. The molecule has 0 unspecified atom stereocenters. The van der Waals surface area contributed by atoms with E-state index in [0.717, 1.165) is 22.3 Å². The fourth-order valence-electron chi connectivity index (χ4n) is 7.90. The summed E-state index contributed by atoms with van der Waals surface area (Å²) in [5.41, 5.74) is 6.31. The van der Waals surface area contributed by atoms with E-state index >= 15 is 0 Å². The predicted octanol–water partition coefficient (Wildman–Crippen LogP) is 7.15. The van der Waals surface area contributed by atoms with Crippen molar-refractivity contribution in [2.75, 3.05) is 43.4 Å². The molecule has 0 radical (unpaired) electrons. The maximum Gasteiger partial charge on any atom is 0.411 e. The van der Waals surface area contributed by atoms with Gasteiger partial charge in [0.2, 0.25) is 11.5 Å². The van der Waals surface area contributed by atoms with Crippen LogP contribution in [0, 0.1) is 0 Å².